The minimum atomic E-state index is -0.969. The summed E-state index contributed by atoms with van der Waals surface area (Å²) in [6.45, 7) is 12.3. The third kappa shape index (κ3) is 8.38. The van der Waals surface area contributed by atoms with Crippen molar-refractivity contribution in [2.45, 2.75) is 47.0 Å². The fraction of sp³-hybridized carbons (Fsp3) is 0.258. The Morgan fingerprint density at radius 3 is 1.51 bits per heavy atom. The molecule has 37 heavy (non-hydrogen) atoms. The Morgan fingerprint density at radius 2 is 1.11 bits per heavy atom. The summed E-state index contributed by atoms with van der Waals surface area (Å²) < 4.78 is 5.03. The van der Waals surface area contributed by atoms with Gasteiger partial charge in [0.25, 0.3) is 0 Å². The Morgan fingerprint density at radius 1 is 0.703 bits per heavy atom. The predicted molar refractivity (Wildman–Crippen MR) is 147 cm³/mol. The van der Waals surface area contributed by atoms with E-state index < -0.39 is 11.9 Å². The van der Waals surface area contributed by atoms with E-state index in [1.165, 1.54) is 13.0 Å². The van der Waals surface area contributed by atoms with Crippen LogP contribution in [0.3, 0.4) is 0 Å². The molecule has 0 saturated heterocycles. The smallest absolute Gasteiger partial charge is 0.496 e. The Balaban J connectivity index is 0.000000318. The van der Waals surface area contributed by atoms with Crippen molar-refractivity contribution in [3.63, 3.8) is 0 Å². The van der Waals surface area contributed by atoms with E-state index in [1.807, 2.05) is 81.4 Å². The third-order valence-corrected chi connectivity index (χ3v) is 5.28. The molecule has 0 fully saturated rings. The van der Waals surface area contributed by atoms with Gasteiger partial charge < -0.3 is 20.9 Å². The first kappa shape index (κ1) is 31.8. The normalized spacial score (nSPS) is 10.5. The molecule has 5 nitrogen and oxygen atoms in total. The van der Waals surface area contributed by atoms with Crippen molar-refractivity contribution in [1.29, 1.82) is 0 Å². The van der Waals surface area contributed by atoms with Gasteiger partial charge in [0.1, 0.15) is 11.3 Å². The molecular weight excluding hydrogens is 459 g/mol. The van der Waals surface area contributed by atoms with Crippen molar-refractivity contribution in [2.24, 2.45) is 0 Å². The molecule has 0 aliphatic rings. The SMILES string of the molecule is CC(C)(C)c1ccc2ccccc2c1C(=O)O.COc1ccc2ccccc2c1C(=O)O.C[C-](C)C.[Li+]. The van der Waals surface area contributed by atoms with Crippen LogP contribution in [-0.4, -0.2) is 29.3 Å². The third-order valence-electron chi connectivity index (χ3n) is 5.28. The number of carbonyl (C=O) groups is 2. The fourth-order valence-corrected chi connectivity index (χ4v) is 3.77. The van der Waals surface area contributed by atoms with Gasteiger partial charge in [0.05, 0.1) is 12.7 Å². The number of benzene rings is 4. The molecule has 0 aliphatic heterocycles. The van der Waals surface area contributed by atoms with Gasteiger partial charge in [0.15, 0.2) is 0 Å². The second-order valence-corrected chi connectivity index (χ2v) is 9.93. The molecule has 6 heteroatoms. The first-order chi connectivity index (χ1) is 16.9. The number of carboxylic acid groups (broad SMARTS) is 2. The molecule has 0 radical (unpaired) electrons. The molecule has 0 saturated carbocycles. The van der Waals surface area contributed by atoms with Gasteiger partial charge in [0, 0.05) is 0 Å². The molecule has 0 spiro atoms. The summed E-state index contributed by atoms with van der Waals surface area (Å²) >= 11 is 0. The number of aromatic carboxylic acids is 2. The molecule has 0 aromatic heterocycles. The summed E-state index contributed by atoms with van der Waals surface area (Å²) in [6.07, 6.45) is 0. The second kappa shape index (κ2) is 13.9. The maximum atomic E-state index is 11.5. The van der Waals surface area contributed by atoms with Crippen LogP contribution in [0.1, 0.15) is 67.8 Å². The molecule has 4 rings (SSSR count). The van der Waals surface area contributed by atoms with E-state index in [-0.39, 0.29) is 29.8 Å². The van der Waals surface area contributed by atoms with Crippen molar-refractivity contribution in [3.05, 3.63) is 95.4 Å². The summed E-state index contributed by atoms with van der Waals surface area (Å²) in [7, 11) is 1.47. The molecule has 0 atom stereocenters. The molecule has 4 aromatic rings. The van der Waals surface area contributed by atoms with Crippen molar-refractivity contribution < 1.29 is 43.4 Å². The molecule has 4 aromatic carbocycles. The molecule has 0 aliphatic carbocycles. The van der Waals surface area contributed by atoms with Crippen LogP contribution in [0.2, 0.25) is 0 Å². The van der Waals surface area contributed by atoms with Crippen LogP contribution in [-0.2, 0) is 5.41 Å². The van der Waals surface area contributed by atoms with Crippen LogP contribution in [0.15, 0.2) is 72.8 Å². The molecule has 0 unspecified atom stereocenters. The average molecular weight is 495 g/mol. The Bertz CT molecular complexity index is 1350. The van der Waals surface area contributed by atoms with Crippen LogP contribution < -0.4 is 23.6 Å². The molecular formula is C31H35LiO5. The average Bonchev–Trinajstić information content (AvgIpc) is 2.81. The van der Waals surface area contributed by atoms with Crippen LogP contribution in [0.4, 0.5) is 0 Å². The monoisotopic (exact) mass is 494 g/mol. The van der Waals surface area contributed by atoms with E-state index in [4.69, 9.17) is 9.84 Å². The number of fused-ring (bicyclic) bond motifs is 2. The fourth-order valence-electron chi connectivity index (χ4n) is 3.77. The van der Waals surface area contributed by atoms with E-state index in [0.29, 0.717) is 16.7 Å². The van der Waals surface area contributed by atoms with E-state index in [1.54, 1.807) is 12.1 Å². The minimum absolute atomic E-state index is 0. The molecule has 0 bridgehead atoms. The van der Waals surface area contributed by atoms with Crippen LogP contribution >= 0.6 is 0 Å². The molecule has 190 valence electrons. The number of carboxylic acids is 2. The standard InChI is InChI=1S/C15H16O2.C12H10O3.C4H9.Li/c1-15(2,3)12-9-8-10-6-4-5-7-11(10)13(12)14(16)17;1-15-10-7-6-8-4-2-3-5-9(8)11(10)12(13)14;1-4(2)3;/h4-9H,1-3H3,(H,16,17);2-7H,1H3,(H,13,14);1-3H3;/q;;-1;+1. The molecule has 2 N–H and O–H groups in total. The van der Waals surface area contributed by atoms with Gasteiger partial charge in [-0.25, -0.2) is 9.59 Å². The Hall–Kier alpha value is -3.26. The van der Waals surface area contributed by atoms with Crippen LogP contribution in [0, 0.1) is 5.92 Å². The van der Waals surface area contributed by atoms with Crippen molar-refractivity contribution in [3.8, 4) is 5.75 Å². The number of ether oxygens (including phenoxy) is 1. The van der Waals surface area contributed by atoms with E-state index in [2.05, 4.69) is 20.8 Å². The van der Waals surface area contributed by atoms with Crippen molar-refractivity contribution in [1.82, 2.24) is 0 Å². The van der Waals surface area contributed by atoms with E-state index >= 15 is 0 Å². The topological polar surface area (TPSA) is 83.8 Å². The van der Waals surface area contributed by atoms with E-state index in [9.17, 15) is 14.7 Å². The van der Waals surface area contributed by atoms with Crippen LogP contribution in [0.5, 0.6) is 5.75 Å². The zero-order valence-electron chi connectivity index (χ0n) is 23.0. The maximum Gasteiger partial charge on any atom is 1.00 e. The van der Waals surface area contributed by atoms with Crippen molar-refractivity contribution >= 4 is 33.5 Å². The number of methoxy groups -OCH3 is 1. The minimum Gasteiger partial charge on any atom is -0.496 e. The molecule has 0 amide bonds. The van der Waals surface area contributed by atoms with Gasteiger partial charge in [-0.15, -0.1) is 0 Å². The predicted octanol–water partition coefficient (Wildman–Crippen LogP) is 5.01. The second-order valence-electron chi connectivity index (χ2n) is 9.93. The zero-order valence-corrected chi connectivity index (χ0v) is 23.0. The largest absolute Gasteiger partial charge is 1.00 e. The van der Waals surface area contributed by atoms with Gasteiger partial charge in [-0.2, -0.15) is 20.8 Å². The zero-order chi connectivity index (χ0) is 27.0. The number of rotatable bonds is 3. The van der Waals surface area contributed by atoms with Gasteiger partial charge in [-0.05, 0) is 38.6 Å². The number of hydrogen-bond acceptors (Lipinski definition) is 3. The quantitative estimate of drug-likeness (QED) is 0.309. The summed E-state index contributed by atoms with van der Waals surface area (Å²) in [5, 5.41) is 21.9. The van der Waals surface area contributed by atoms with Gasteiger partial charge in [-0.3, -0.25) is 0 Å². The van der Waals surface area contributed by atoms with Crippen LogP contribution in [0.25, 0.3) is 21.5 Å². The van der Waals surface area contributed by atoms with Crippen molar-refractivity contribution in [2.75, 3.05) is 7.11 Å². The molecule has 0 heterocycles. The summed E-state index contributed by atoms with van der Waals surface area (Å²) in [5.74, 6) is -0.0171. The van der Waals surface area contributed by atoms with E-state index in [0.717, 1.165) is 21.7 Å². The van der Waals surface area contributed by atoms with Gasteiger partial charge in [0.2, 0.25) is 0 Å². The summed E-state index contributed by atoms with van der Waals surface area (Å²) in [6, 6.07) is 22.4. The summed E-state index contributed by atoms with van der Waals surface area (Å²) in [4.78, 5) is 22.6. The van der Waals surface area contributed by atoms with Gasteiger partial charge >= 0.3 is 30.8 Å². The maximum absolute atomic E-state index is 11.5. The Labute approximate surface area is 231 Å². The Kier molecular flexibility index (Phi) is 11.9. The first-order valence-electron chi connectivity index (χ1n) is 11.7. The van der Waals surface area contributed by atoms with Gasteiger partial charge in [-0.1, -0.05) is 87.5 Å². The number of hydrogen-bond donors (Lipinski definition) is 2. The summed E-state index contributed by atoms with van der Waals surface area (Å²) in [5.41, 5.74) is 1.35. The first-order valence-corrected chi connectivity index (χ1v) is 11.7.